The molecule has 0 saturated heterocycles. The van der Waals surface area contributed by atoms with Crippen molar-refractivity contribution in [1.82, 2.24) is 9.55 Å². The number of nitrogens with zero attached hydrogens (tertiary/aromatic N) is 1. The Morgan fingerprint density at radius 2 is 1.95 bits per heavy atom. The number of nitrogens with two attached hydrogens (primary N) is 1. The third-order valence-electron chi connectivity index (χ3n) is 4.32. The molecule has 0 bridgehead atoms. The molecule has 19 heavy (non-hydrogen) atoms. The molecular formula is C13H22N4O2. The monoisotopic (exact) mass is 266 g/mol. The first-order valence-electron chi connectivity index (χ1n) is 6.75. The molecule has 6 nitrogen and oxygen atoms in total. The average molecular weight is 266 g/mol. The van der Waals surface area contributed by atoms with Gasteiger partial charge in [0, 0.05) is 13.1 Å². The molecule has 4 N–H and O–H groups in total. The zero-order chi connectivity index (χ0) is 14.2. The van der Waals surface area contributed by atoms with Gasteiger partial charge in [0.1, 0.15) is 11.5 Å². The molecule has 3 unspecified atom stereocenters. The molecule has 1 fully saturated rings. The Hall–Kier alpha value is -1.72. The largest absolute Gasteiger partial charge is 0.383 e. The maximum absolute atomic E-state index is 11.8. The third-order valence-corrected chi connectivity index (χ3v) is 4.32. The highest BCUT2D eigenvalue weighted by Crippen LogP contribution is 2.31. The Kier molecular flexibility index (Phi) is 3.68. The minimum Gasteiger partial charge on any atom is -0.383 e. The SMILES string of the molecule is CC1CCC(Nc2c(N)n(C)c(=O)[nH]c2=O)CC1C. The summed E-state index contributed by atoms with van der Waals surface area (Å²) >= 11 is 0. The summed E-state index contributed by atoms with van der Waals surface area (Å²) in [4.78, 5) is 25.5. The quantitative estimate of drug-likeness (QED) is 0.741. The zero-order valence-electron chi connectivity index (χ0n) is 11.7. The molecule has 1 aliphatic carbocycles. The lowest BCUT2D eigenvalue weighted by molar-refractivity contribution is 0.261. The summed E-state index contributed by atoms with van der Waals surface area (Å²) in [6.07, 6.45) is 3.18. The van der Waals surface area contributed by atoms with E-state index >= 15 is 0 Å². The number of H-pyrrole nitrogens is 1. The van der Waals surface area contributed by atoms with E-state index in [9.17, 15) is 9.59 Å². The van der Waals surface area contributed by atoms with Gasteiger partial charge < -0.3 is 11.1 Å². The highest BCUT2D eigenvalue weighted by molar-refractivity contribution is 5.60. The number of hydrogen-bond acceptors (Lipinski definition) is 4. The maximum atomic E-state index is 11.8. The predicted octanol–water partition coefficient (Wildman–Crippen LogP) is 0.892. The van der Waals surface area contributed by atoms with Crippen LogP contribution in [0.25, 0.3) is 0 Å². The molecule has 0 amide bonds. The van der Waals surface area contributed by atoms with Crippen LogP contribution in [-0.2, 0) is 7.05 Å². The molecule has 1 aromatic rings. The Balaban J connectivity index is 2.23. The van der Waals surface area contributed by atoms with Crippen molar-refractivity contribution < 1.29 is 0 Å². The number of nitrogen functional groups attached to an aromatic ring is 1. The van der Waals surface area contributed by atoms with Crippen molar-refractivity contribution in [2.75, 3.05) is 11.1 Å². The molecule has 3 atom stereocenters. The van der Waals surface area contributed by atoms with Crippen LogP contribution in [0.4, 0.5) is 11.5 Å². The van der Waals surface area contributed by atoms with E-state index in [2.05, 4.69) is 24.1 Å². The van der Waals surface area contributed by atoms with Crippen LogP contribution in [-0.4, -0.2) is 15.6 Å². The number of aromatic amines is 1. The second-order valence-corrected chi connectivity index (χ2v) is 5.69. The lowest BCUT2D eigenvalue weighted by Crippen LogP contribution is -2.37. The summed E-state index contributed by atoms with van der Waals surface area (Å²) in [6.45, 7) is 4.49. The van der Waals surface area contributed by atoms with Crippen molar-refractivity contribution >= 4 is 11.5 Å². The molecule has 0 radical (unpaired) electrons. The van der Waals surface area contributed by atoms with E-state index in [1.54, 1.807) is 7.05 Å². The van der Waals surface area contributed by atoms with Gasteiger partial charge in [0.15, 0.2) is 0 Å². The van der Waals surface area contributed by atoms with Crippen LogP contribution in [0.1, 0.15) is 33.1 Å². The van der Waals surface area contributed by atoms with Gasteiger partial charge in [-0.15, -0.1) is 0 Å². The molecule has 106 valence electrons. The van der Waals surface area contributed by atoms with Crippen molar-refractivity contribution in [2.24, 2.45) is 18.9 Å². The molecule has 2 rings (SSSR count). The van der Waals surface area contributed by atoms with Crippen LogP contribution in [0.3, 0.4) is 0 Å². The van der Waals surface area contributed by atoms with E-state index in [0.717, 1.165) is 19.3 Å². The van der Waals surface area contributed by atoms with E-state index in [0.29, 0.717) is 17.5 Å². The second kappa shape index (κ2) is 5.11. The lowest BCUT2D eigenvalue weighted by Gasteiger charge is -2.33. The summed E-state index contributed by atoms with van der Waals surface area (Å²) in [5, 5.41) is 3.21. The average Bonchev–Trinajstić information content (AvgIpc) is 2.36. The first-order chi connectivity index (χ1) is 8.90. The van der Waals surface area contributed by atoms with Gasteiger partial charge in [-0.1, -0.05) is 13.8 Å². The van der Waals surface area contributed by atoms with Crippen LogP contribution in [0.15, 0.2) is 9.59 Å². The summed E-state index contributed by atoms with van der Waals surface area (Å²) < 4.78 is 1.25. The summed E-state index contributed by atoms with van der Waals surface area (Å²) in [5.41, 5.74) is 5.23. The van der Waals surface area contributed by atoms with Crippen molar-refractivity contribution in [3.05, 3.63) is 20.8 Å². The van der Waals surface area contributed by atoms with Crippen LogP contribution in [0.2, 0.25) is 0 Å². The zero-order valence-corrected chi connectivity index (χ0v) is 11.7. The lowest BCUT2D eigenvalue weighted by atomic mass is 9.79. The third kappa shape index (κ3) is 2.67. The molecule has 1 saturated carbocycles. The predicted molar refractivity (Wildman–Crippen MR) is 76.3 cm³/mol. The molecule has 1 heterocycles. The minimum absolute atomic E-state index is 0.194. The summed E-state index contributed by atoms with van der Waals surface area (Å²) in [7, 11) is 1.55. The molecule has 1 aromatic heterocycles. The minimum atomic E-state index is -0.487. The molecule has 6 heteroatoms. The molecule has 0 aliphatic heterocycles. The first-order valence-corrected chi connectivity index (χ1v) is 6.75. The van der Waals surface area contributed by atoms with Gasteiger partial charge in [0.25, 0.3) is 5.56 Å². The summed E-state index contributed by atoms with van der Waals surface area (Å²) in [5.74, 6) is 1.54. The van der Waals surface area contributed by atoms with Crippen LogP contribution in [0.5, 0.6) is 0 Å². The normalized spacial score (nSPS) is 27.2. The molecule has 1 aliphatic rings. The van der Waals surface area contributed by atoms with Crippen molar-refractivity contribution in [3.63, 3.8) is 0 Å². The standard InChI is InChI=1S/C13H22N4O2/c1-7-4-5-9(6-8(7)2)15-10-11(14)17(3)13(19)16-12(10)18/h7-9,15H,4-6,14H2,1-3H3,(H,16,18,19). The van der Waals surface area contributed by atoms with Crippen molar-refractivity contribution in [1.29, 1.82) is 0 Å². The Labute approximate surface area is 112 Å². The van der Waals surface area contributed by atoms with E-state index < -0.39 is 11.2 Å². The topological polar surface area (TPSA) is 92.9 Å². The van der Waals surface area contributed by atoms with Gasteiger partial charge in [-0.05, 0) is 31.1 Å². The smallest absolute Gasteiger partial charge is 0.329 e. The van der Waals surface area contributed by atoms with Crippen LogP contribution in [0, 0.1) is 11.8 Å². The molecular weight excluding hydrogens is 244 g/mol. The van der Waals surface area contributed by atoms with Gasteiger partial charge >= 0.3 is 5.69 Å². The van der Waals surface area contributed by atoms with Crippen LogP contribution < -0.4 is 22.3 Å². The van der Waals surface area contributed by atoms with Gasteiger partial charge in [-0.25, -0.2) is 4.79 Å². The Morgan fingerprint density at radius 3 is 2.58 bits per heavy atom. The fourth-order valence-electron chi connectivity index (χ4n) is 2.66. The van der Waals surface area contributed by atoms with Gasteiger partial charge in [-0.2, -0.15) is 0 Å². The first kappa shape index (κ1) is 13.7. The van der Waals surface area contributed by atoms with E-state index in [-0.39, 0.29) is 11.9 Å². The van der Waals surface area contributed by atoms with Crippen LogP contribution >= 0.6 is 0 Å². The summed E-state index contributed by atoms with van der Waals surface area (Å²) in [6, 6.07) is 0.243. The van der Waals surface area contributed by atoms with Crippen molar-refractivity contribution in [3.8, 4) is 0 Å². The number of anilines is 2. The number of aromatic nitrogens is 2. The second-order valence-electron chi connectivity index (χ2n) is 5.69. The number of hydrogen-bond donors (Lipinski definition) is 3. The molecule has 0 spiro atoms. The van der Waals surface area contributed by atoms with Gasteiger partial charge in [0.05, 0.1) is 0 Å². The fraction of sp³-hybridized carbons (Fsp3) is 0.692. The van der Waals surface area contributed by atoms with E-state index in [4.69, 9.17) is 5.73 Å². The van der Waals surface area contributed by atoms with Gasteiger partial charge in [-0.3, -0.25) is 14.3 Å². The highest BCUT2D eigenvalue weighted by Gasteiger charge is 2.25. The van der Waals surface area contributed by atoms with E-state index in [1.165, 1.54) is 4.57 Å². The fourth-order valence-corrected chi connectivity index (χ4v) is 2.66. The number of nitrogens with one attached hydrogen (secondary N) is 2. The number of rotatable bonds is 2. The highest BCUT2D eigenvalue weighted by atomic mass is 16.2. The van der Waals surface area contributed by atoms with Crippen molar-refractivity contribution in [2.45, 2.75) is 39.2 Å². The Morgan fingerprint density at radius 1 is 1.26 bits per heavy atom. The van der Waals surface area contributed by atoms with Gasteiger partial charge in [0.2, 0.25) is 0 Å². The molecule has 0 aromatic carbocycles. The Bertz CT molecular complexity index is 575. The van der Waals surface area contributed by atoms with E-state index in [1.807, 2.05) is 0 Å². The maximum Gasteiger partial charge on any atom is 0.329 e.